The maximum Gasteiger partial charge on any atom is 0.122 e. The zero-order valence-electron chi connectivity index (χ0n) is 11.0. The van der Waals surface area contributed by atoms with E-state index in [1.54, 1.807) is 14.2 Å². The number of nitrogens with one attached hydrogen (secondary N) is 1. The second-order valence-corrected chi connectivity index (χ2v) is 5.14. The molecule has 1 unspecified atom stereocenters. The van der Waals surface area contributed by atoms with Crippen molar-refractivity contribution in [2.45, 2.75) is 31.7 Å². The van der Waals surface area contributed by atoms with Gasteiger partial charge in [-0.05, 0) is 44.5 Å². The van der Waals surface area contributed by atoms with E-state index in [9.17, 15) is 0 Å². The highest BCUT2D eigenvalue weighted by Crippen LogP contribution is 2.38. The zero-order chi connectivity index (χ0) is 12.5. The van der Waals surface area contributed by atoms with Crippen molar-refractivity contribution in [3.8, 4) is 11.5 Å². The number of rotatable bonds is 3. The molecule has 1 aliphatic rings. The van der Waals surface area contributed by atoms with Crippen LogP contribution in [0.25, 0.3) is 0 Å². The van der Waals surface area contributed by atoms with Gasteiger partial charge in [0.15, 0.2) is 0 Å². The molecule has 0 saturated carbocycles. The molecule has 1 aliphatic heterocycles. The van der Waals surface area contributed by atoms with E-state index in [2.05, 4.69) is 31.3 Å². The quantitative estimate of drug-likeness (QED) is 0.873. The van der Waals surface area contributed by atoms with Crippen LogP contribution in [-0.2, 0) is 0 Å². The van der Waals surface area contributed by atoms with Gasteiger partial charge >= 0.3 is 0 Å². The first-order chi connectivity index (χ1) is 8.06. The monoisotopic (exact) mass is 235 g/mol. The number of hydrogen-bond acceptors (Lipinski definition) is 3. The van der Waals surface area contributed by atoms with Crippen LogP contribution >= 0.6 is 0 Å². The summed E-state index contributed by atoms with van der Waals surface area (Å²) in [4.78, 5) is 0. The summed E-state index contributed by atoms with van der Waals surface area (Å²) in [6.07, 6.45) is 1.16. The van der Waals surface area contributed by atoms with Crippen molar-refractivity contribution >= 4 is 0 Å². The van der Waals surface area contributed by atoms with Crippen molar-refractivity contribution in [2.24, 2.45) is 0 Å². The Morgan fingerprint density at radius 1 is 1.12 bits per heavy atom. The largest absolute Gasteiger partial charge is 0.497 e. The Labute approximate surface area is 103 Å². The molecule has 1 saturated heterocycles. The first-order valence-corrected chi connectivity index (χ1v) is 6.05. The third kappa shape index (κ3) is 2.39. The van der Waals surface area contributed by atoms with Crippen LogP contribution < -0.4 is 14.8 Å². The maximum atomic E-state index is 5.32. The van der Waals surface area contributed by atoms with Crippen LogP contribution in [0.4, 0.5) is 0 Å². The van der Waals surface area contributed by atoms with Gasteiger partial charge in [0.2, 0.25) is 0 Å². The minimum atomic E-state index is 0.136. The van der Waals surface area contributed by atoms with E-state index in [0.29, 0.717) is 5.92 Å². The van der Waals surface area contributed by atoms with Crippen molar-refractivity contribution in [1.82, 2.24) is 5.32 Å². The third-order valence-electron chi connectivity index (χ3n) is 3.66. The summed E-state index contributed by atoms with van der Waals surface area (Å²) in [7, 11) is 3.38. The SMILES string of the molecule is COc1cc(OC)cc(C2CCNC2(C)C)c1. The van der Waals surface area contributed by atoms with E-state index < -0.39 is 0 Å². The Hall–Kier alpha value is -1.22. The van der Waals surface area contributed by atoms with E-state index in [1.165, 1.54) is 5.56 Å². The highest BCUT2D eigenvalue weighted by atomic mass is 16.5. The van der Waals surface area contributed by atoms with Crippen molar-refractivity contribution < 1.29 is 9.47 Å². The Balaban J connectivity index is 2.37. The van der Waals surface area contributed by atoms with E-state index >= 15 is 0 Å². The normalized spacial score (nSPS) is 22.5. The Morgan fingerprint density at radius 2 is 1.71 bits per heavy atom. The van der Waals surface area contributed by atoms with Gasteiger partial charge in [-0.25, -0.2) is 0 Å². The van der Waals surface area contributed by atoms with Crippen LogP contribution in [0.3, 0.4) is 0 Å². The Morgan fingerprint density at radius 3 is 2.12 bits per heavy atom. The molecular weight excluding hydrogens is 214 g/mol. The van der Waals surface area contributed by atoms with Crippen molar-refractivity contribution in [3.63, 3.8) is 0 Å². The van der Waals surface area contributed by atoms with Crippen molar-refractivity contribution in [3.05, 3.63) is 23.8 Å². The first kappa shape index (κ1) is 12.2. The van der Waals surface area contributed by atoms with E-state index in [0.717, 1.165) is 24.5 Å². The second kappa shape index (κ2) is 4.57. The molecule has 3 nitrogen and oxygen atoms in total. The smallest absolute Gasteiger partial charge is 0.122 e. The molecule has 94 valence electrons. The molecule has 0 aromatic heterocycles. The van der Waals surface area contributed by atoms with Gasteiger partial charge in [-0.2, -0.15) is 0 Å². The molecule has 1 N–H and O–H groups in total. The number of ether oxygens (including phenoxy) is 2. The predicted octanol–water partition coefficient (Wildman–Crippen LogP) is 2.56. The minimum Gasteiger partial charge on any atom is -0.497 e. The standard InChI is InChI=1S/C14H21NO2/c1-14(2)13(5-6-15-14)10-7-11(16-3)9-12(8-10)17-4/h7-9,13,15H,5-6H2,1-4H3. The molecule has 1 heterocycles. The average Bonchev–Trinajstić information content (AvgIpc) is 2.68. The molecule has 3 heteroatoms. The van der Waals surface area contributed by atoms with Gasteiger partial charge in [0, 0.05) is 17.5 Å². The van der Waals surface area contributed by atoms with Crippen LogP contribution in [0.15, 0.2) is 18.2 Å². The van der Waals surface area contributed by atoms with Crippen LogP contribution in [-0.4, -0.2) is 26.3 Å². The Kier molecular flexibility index (Phi) is 3.29. The lowest BCUT2D eigenvalue weighted by atomic mass is 9.83. The molecule has 1 aromatic rings. The van der Waals surface area contributed by atoms with Gasteiger partial charge in [0.25, 0.3) is 0 Å². The van der Waals surface area contributed by atoms with Gasteiger partial charge in [-0.1, -0.05) is 0 Å². The molecule has 1 atom stereocenters. The molecular formula is C14H21NO2. The zero-order valence-corrected chi connectivity index (χ0v) is 11.0. The lowest BCUT2D eigenvalue weighted by molar-refractivity contribution is 0.384. The fourth-order valence-corrected chi connectivity index (χ4v) is 2.64. The molecule has 0 amide bonds. The number of benzene rings is 1. The van der Waals surface area contributed by atoms with Crippen molar-refractivity contribution in [2.75, 3.05) is 20.8 Å². The summed E-state index contributed by atoms with van der Waals surface area (Å²) in [6, 6.07) is 6.14. The summed E-state index contributed by atoms with van der Waals surface area (Å²) in [5, 5.41) is 3.54. The molecule has 17 heavy (non-hydrogen) atoms. The van der Waals surface area contributed by atoms with Gasteiger partial charge in [-0.3, -0.25) is 0 Å². The highest BCUT2D eigenvalue weighted by Gasteiger charge is 2.35. The highest BCUT2D eigenvalue weighted by molar-refractivity contribution is 5.41. The Bertz CT molecular complexity index is 379. The average molecular weight is 235 g/mol. The van der Waals surface area contributed by atoms with Crippen LogP contribution in [0.1, 0.15) is 31.7 Å². The minimum absolute atomic E-state index is 0.136. The van der Waals surface area contributed by atoms with E-state index in [-0.39, 0.29) is 5.54 Å². The van der Waals surface area contributed by atoms with Crippen LogP contribution in [0, 0.1) is 0 Å². The number of methoxy groups -OCH3 is 2. The maximum absolute atomic E-state index is 5.32. The predicted molar refractivity (Wildman–Crippen MR) is 69.0 cm³/mol. The molecule has 1 aromatic carbocycles. The molecule has 0 radical (unpaired) electrons. The van der Waals surface area contributed by atoms with Gasteiger partial charge in [0.05, 0.1) is 14.2 Å². The van der Waals surface area contributed by atoms with Gasteiger partial charge in [-0.15, -0.1) is 0 Å². The third-order valence-corrected chi connectivity index (χ3v) is 3.66. The summed E-state index contributed by atoms with van der Waals surface area (Å²) < 4.78 is 10.6. The summed E-state index contributed by atoms with van der Waals surface area (Å²) in [5.41, 5.74) is 1.42. The molecule has 1 fully saturated rings. The van der Waals surface area contributed by atoms with E-state index in [1.807, 2.05) is 6.07 Å². The summed E-state index contributed by atoms with van der Waals surface area (Å²) >= 11 is 0. The molecule has 2 rings (SSSR count). The lowest BCUT2D eigenvalue weighted by Crippen LogP contribution is -2.36. The molecule has 0 spiro atoms. The fourth-order valence-electron chi connectivity index (χ4n) is 2.64. The summed E-state index contributed by atoms with van der Waals surface area (Å²) in [5.74, 6) is 2.23. The van der Waals surface area contributed by atoms with E-state index in [4.69, 9.17) is 9.47 Å². The molecule has 0 bridgehead atoms. The van der Waals surface area contributed by atoms with Crippen LogP contribution in [0.5, 0.6) is 11.5 Å². The van der Waals surface area contributed by atoms with Gasteiger partial charge < -0.3 is 14.8 Å². The second-order valence-electron chi connectivity index (χ2n) is 5.14. The van der Waals surface area contributed by atoms with Gasteiger partial charge in [0.1, 0.15) is 11.5 Å². The summed E-state index contributed by atoms with van der Waals surface area (Å²) in [6.45, 7) is 5.56. The number of hydrogen-bond donors (Lipinski definition) is 1. The van der Waals surface area contributed by atoms with Crippen LogP contribution in [0.2, 0.25) is 0 Å². The first-order valence-electron chi connectivity index (χ1n) is 6.05. The van der Waals surface area contributed by atoms with Crippen molar-refractivity contribution in [1.29, 1.82) is 0 Å². The fraction of sp³-hybridized carbons (Fsp3) is 0.571. The molecule has 0 aliphatic carbocycles. The topological polar surface area (TPSA) is 30.5 Å². The lowest BCUT2D eigenvalue weighted by Gasteiger charge is -2.28.